The van der Waals surface area contributed by atoms with Gasteiger partial charge in [0.1, 0.15) is 11.6 Å². The Balaban J connectivity index is 1.66. The largest absolute Gasteiger partial charge is 0.481 e. The van der Waals surface area contributed by atoms with Gasteiger partial charge in [0, 0.05) is 37.8 Å². The van der Waals surface area contributed by atoms with E-state index in [1.54, 1.807) is 7.11 Å². The van der Waals surface area contributed by atoms with Crippen molar-refractivity contribution < 1.29 is 9.53 Å². The molecule has 0 radical (unpaired) electrons. The highest BCUT2D eigenvalue weighted by atomic mass is 16.5. The topological polar surface area (TPSA) is 58.6 Å². The molecule has 1 aromatic heterocycles. The van der Waals surface area contributed by atoms with Crippen molar-refractivity contribution in [1.82, 2.24) is 14.9 Å². The molecule has 1 aliphatic heterocycles. The minimum absolute atomic E-state index is 0.0890. The number of carbonyl (C=O) groups is 1. The SMILES string of the molecule is COc1cc(N2CCN(C(=O)c3ccc(C)cc3)CC2)nc(C)n1. The summed E-state index contributed by atoms with van der Waals surface area (Å²) in [5, 5.41) is 0. The van der Waals surface area contributed by atoms with E-state index in [1.165, 1.54) is 0 Å². The Bertz CT molecular complexity index is 722. The Morgan fingerprint density at radius 2 is 1.71 bits per heavy atom. The number of carbonyl (C=O) groups excluding carboxylic acids is 1. The number of aromatic nitrogens is 2. The monoisotopic (exact) mass is 326 g/mol. The van der Waals surface area contributed by atoms with Crippen LogP contribution in [0.25, 0.3) is 0 Å². The van der Waals surface area contributed by atoms with Gasteiger partial charge in [-0.3, -0.25) is 4.79 Å². The number of methoxy groups -OCH3 is 1. The Morgan fingerprint density at radius 1 is 1.04 bits per heavy atom. The van der Waals surface area contributed by atoms with E-state index in [0.717, 1.165) is 30.0 Å². The molecule has 1 saturated heterocycles. The molecule has 0 bridgehead atoms. The molecule has 0 aliphatic carbocycles. The molecule has 6 heteroatoms. The maximum atomic E-state index is 12.6. The van der Waals surface area contributed by atoms with Crippen molar-refractivity contribution in [1.29, 1.82) is 0 Å². The lowest BCUT2D eigenvalue weighted by Crippen LogP contribution is -2.49. The molecule has 126 valence electrons. The summed E-state index contributed by atoms with van der Waals surface area (Å²) in [6.07, 6.45) is 0. The third-order valence-electron chi connectivity index (χ3n) is 4.20. The molecular formula is C18H22N4O2. The summed E-state index contributed by atoms with van der Waals surface area (Å²) >= 11 is 0. The van der Waals surface area contributed by atoms with Crippen LogP contribution < -0.4 is 9.64 Å². The van der Waals surface area contributed by atoms with E-state index in [2.05, 4.69) is 14.9 Å². The standard InChI is InChI=1S/C18H22N4O2/c1-13-4-6-15(7-5-13)18(23)22-10-8-21(9-11-22)16-12-17(24-3)20-14(2)19-16/h4-7,12H,8-11H2,1-3H3. The van der Waals surface area contributed by atoms with Crippen LogP contribution in [-0.2, 0) is 0 Å². The van der Waals surface area contributed by atoms with Crippen LogP contribution in [0.1, 0.15) is 21.7 Å². The lowest BCUT2D eigenvalue weighted by atomic mass is 10.1. The van der Waals surface area contributed by atoms with Crippen LogP contribution in [0, 0.1) is 13.8 Å². The van der Waals surface area contributed by atoms with E-state index in [1.807, 2.05) is 49.1 Å². The molecule has 1 fully saturated rings. The third kappa shape index (κ3) is 3.48. The molecule has 2 aromatic rings. The first kappa shape index (κ1) is 16.2. The molecule has 1 amide bonds. The number of nitrogens with zero attached hydrogens (tertiary/aromatic N) is 4. The van der Waals surface area contributed by atoms with Gasteiger partial charge in [0.25, 0.3) is 5.91 Å². The summed E-state index contributed by atoms with van der Waals surface area (Å²) in [6.45, 7) is 6.72. The predicted molar refractivity (Wildman–Crippen MR) is 92.6 cm³/mol. The highest BCUT2D eigenvalue weighted by Crippen LogP contribution is 2.19. The fraction of sp³-hybridized carbons (Fsp3) is 0.389. The summed E-state index contributed by atoms with van der Waals surface area (Å²) in [4.78, 5) is 25.3. The van der Waals surface area contributed by atoms with Crippen molar-refractivity contribution in [3.63, 3.8) is 0 Å². The van der Waals surface area contributed by atoms with Crippen LogP contribution in [0.2, 0.25) is 0 Å². The Kier molecular flexibility index (Phi) is 4.64. The van der Waals surface area contributed by atoms with Crippen molar-refractivity contribution in [2.24, 2.45) is 0 Å². The van der Waals surface area contributed by atoms with E-state index < -0.39 is 0 Å². The van der Waals surface area contributed by atoms with Gasteiger partial charge in [-0.1, -0.05) is 17.7 Å². The molecule has 0 atom stereocenters. The number of amides is 1. The number of aryl methyl sites for hydroxylation is 2. The van der Waals surface area contributed by atoms with Gasteiger partial charge >= 0.3 is 0 Å². The third-order valence-corrected chi connectivity index (χ3v) is 4.20. The summed E-state index contributed by atoms with van der Waals surface area (Å²) in [5.41, 5.74) is 1.90. The highest BCUT2D eigenvalue weighted by Gasteiger charge is 2.23. The first-order chi connectivity index (χ1) is 11.6. The minimum Gasteiger partial charge on any atom is -0.481 e. The summed E-state index contributed by atoms with van der Waals surface area (Å²) in [5.74, 6) is 2.19. The van der Waals surface area contributed by atoms with Crippen molar-refractivity contribution in [2.75, 3.05) is 38.2 Å². The van der Waals surface area contributed by atoms with E-state index in [-0.39, 0.29) is 5.91 Å². The van der Waals surface area contributed by atoms with Crippen LogP contribution in [0.3, 0.4) is 0 Å². The van der Waals surface area contributed by atoms with E-state index in [9.17, 15) is 4.79 Å². The van der Waals surface area contributed by atoms with Gasteiger partial charge < -0.3 is 14.5 Å². The minimum atomic E-state index is 0.0890. The van der Waals surface area contributed by atoms with E-state index >= 15 is 0 Å². The molecule has 24 heavy (non-hydrogen) atoms. The Labute approximate surface area is 142 Å². The van der Waals surface area contributed by atoms with Crippen LogP contribution in [0.5, 0.6) is 5.88 Å². The quantitative estimate of drug-likeness (QED) is 0.864. The molecule has 6 nitrogen and oxygen atoms in total. The van der Waals surface area contributed by atoms with E-state index in [0.29, 0.717) is 24.8 Å². The fourth-order valence-electron chi connectivity index (χ4n) is 2.81. The highest BCUT2D eigenvalue weighted by molar-refractivity contribution is 5.94. The number of ether oxygens (including phenoxy) is 1. The van der Waals surface area contributed by atoms with Crippen molar-refractivity contribution >= 4 is 11.7 Å². The molecular weight excluding hydrogens is 304 g/mol. The van der Waals surface area contributed by atoms with E-state index in [4.69, 9.17) is 4.74 Å². The van der Waals surface area contributed by atoms with Crippen LogP contribution >= 0.6 is 0 Å². The normalized spacial score (nSPS) is 14.6. The van der Waals surface area contributed by atoms with Crippen molar-refractivity contribution in [2.45, 2.75) is 13.8 Å². The molecule has 3 rings (SSSR count). The first-order valence-electron chi connectivity index (χ1n) is 8.07. The van der Waals surface area contributed by atoms with Gasteiger partial charge in [-0.25, -0.2) is 4.98 Å². The van der Waals surface area contributed by atoms with Gasteiger partial charge in [-0.15, -0.1) is 0 Å². The zero-order valence-electron chi connectivity index (χ0n) is 14.3. The molecule has 0 spiro atoms. The predicted octanol–water partition coefficient (Wildman–Crippen LogP) is 2.06. The number of piperazine rings is 1. The van der Waals surface area contributed by atoms with Crippen LogP contribution in [0.4, 0.5) is 5.82 Å². The lowest BCUT2D eigenvalue weighted by molar-refractivity contribution is 0.0746. The molecule has 0 N–H and O–H groups in total. The number of hydrogen-bond donors (Lipinski definition) is 0. The number of benzene rings is 1. The maximum Gasteiger partial charge on any atom is 0.253 e. The molecule has 0 saturated carbocycles. The molecule has 1 aliphatic rings. The number of hydrogen-bond acceptors (Lipinski definition) is 5. The maximum absolute atomic E-state index is 12.6. The van der Waals surface area contributed by atoms with Crippen molar-refractivity contribution in [3.05, 3.63) is 47.3 Å². The average molecular weight is 326 g/mol. The smallest absolute Gasteiger partial charge is 0.253 e. The summed E-state index contributed by atoms with van der Waals surface area (Å²) in [7, 11) is 1.60. The second-order valence-corrected chi connectivity index (χ2v) is 5.96. The number of rotatable bonds is 3. The van der Waals surface area contributed by atoms with Crippen molar-refractivity contribution in [3.8, 4) is 5.88 Å². The zero-order valence-corrected chi connectivity index (χ0v) is 14.3. The molecule has 2 heterocycles. The van der Waals surface area contributed by atoms with Crippen LogP contribution in [-0.4, -0.2) is 54.1 Å². The summed E-state index contributed by atoms with van der Waals surface area (Å²) < 4.78 is 5.21. The molecule has 1 aromatic carbocycles. The van der Waals surface area contributed by atoms with Crippen LogP contribution in [0.15, 0.2) is 30.3 Å². The average Bonchev–Trinajstić information content (AvgIpc) is 2.61. The lowest BCUT2D eigenvalue weighted by Gasteiger charge is -2.35. The van der Waals surface area contributed by atoms with Gasteiger partial charge in [0.15, 0.2) is 0 Å². The summed E-state index contributed by atoms with van der Waals surface area (Å²) in [6, 6.07) is 9.56. The Hall–Kier alpha value is -2.63. The van der Waals surface area contributed by atoms with Gasteiger partial charge in [-0.2, -0.15) is 4.98 Å². The molecule has 0 unspecified atom stereocenters. The van der Waals surface area contributed by atoms with Gasteiger partial charge in [-0.05, 0) is 26.0 Å². The Morgan fingerprint density at radius 3 is 2.33 bits per heavy atom. The van der Waals surface area contributed by atoms with Gasteiger partial charge in [0.2, 0.25) is 5.88 Å². The first-order valence-corrected chi connectivity index (χ1v) is 8.07. The fourth-order valence-corrected chi connectivity index (χ4v) is 2.81. The second kappa shape index (κ2) is 6.86. The zero-order chi connectivity index (χ0) is 17.1. The number of anilines is 1. The second-order valence-electron chi connectivity index (χ2n) is 5.96. The van der Waals surface area contributed by atoms with Gasteiger partial charge in [0.05, 0.1) is 7.11 Å².